The summed E-state index contributed by atoms with van der Waals surface area (Å²) in [6, 6.07) is 2.13. The monoisotopic (exact) mass is 183 g/mol. The molecule has 0 N–H and O–H groups in total. The Balaban J connectivity index is 3.03. The van der Waals surface area contributed by atoms with Crippen molar-refractivity contribution < 1.29 is 4.74 Å². The molecule has 0 spiro atoms. The Morgan fingerprint density at radius 1 is 1.38 bits per heavy atom. The minimum absolute atomic E-state index is 0.661. The normalized spacial score (nSPS) is 12.4. The van der Waals surface area contributed by atoms with Gasteiger partial charge in [0, 0.05) is 19.6 Å². The van der Waals surface area contributed by atoms with Gasteiger partial charge in [0.1, 0.15) is 0 Å². The molecule has 0 saturated carbocycles. The van der Waals surface area contributed by atoms with Crippen molar-refractivity contribution in [2.45, 2.75) is 46.0 Å². The molecule has 0 aliphatic heterocycles. The Bertz CT molecular complexity index is 140. The third kappa shape index (κ3) is 9.36. The van der Waals surface area contributed by atoms with Crippen molar-refractivity contribution >= 4 is 0 Å². The smallest absolute Gasteiger partial charge is 0.0621 e. The maximum atomic E-state index is 8.29. The lowest BCUT2D eigenvalue weighted by atomic mass is 10.1. The van der Waals surface area contributed by atoms with E-state index in [1.54, 1.807) is 0 Å². The molecule has 0 saturated heterocycles. The average Bonchev–Trinajstić information content (AvgIpc) is 2.11. The van der Waals surface area contributed by atoms with Gasteiger partial charge in [-0.3, -0.25) is 0 Å². The molecule has 0 aromatic rings. The van der Waals surface area contributed by atoms with Crippen molar-refractivity contribution in [3.63, 3.8) is 0 Å². The summed E-state index contributed by atoms with van der Waals surface area (Å²) < 4.78 is 5.49. The van der Waals surface area contributed by atoms with Gasteiger partial charge in [0.2, 0.25) is 0 Å². The van der Waals surface area contributed by atoms with E-state index in [1.165, 1.54) is 12.8 Å². The van der Waals surface area contributed by atoms with Gasteiger partial charge < -0.3 is 4.74 Å². The zero-order chi connectivity index (χ0) is 9.94. The van der Waals surface area contributed by atoms with E-state index in [0.29, 0.717) is 12.3 Å². The van der Waals surface area contributed by atoms with Crippen LogP contribution in [0.15, 0.2) is 0 Å². The fraction of sp³-hybridized carbons (Fsp3) is 0.909. The van der Waals surface area contributed by atoms with E-state index in [0.717, 1.165) is 26.1 Å². The summed E-state index contributed by atoms with van der Waals surface area (Å²) in [7, 11) is 0. The highest BCUT2D eigenvalue weighted by molar-refractivity contribution is 4.67. The van der Waals surface area contributed by atoms with Crippen LogP contribution in [-0.4, -0.2) is 13.2 Å². The fourth-order valence-corrected chi connectivity index (χ4v) is 1.27. The number of hydrogen-bond donors (Lipinski definition) is 0. The molecule has 2 nitrogen and oxygen atoms in total. The minimum Gasteiger partial charge on any atom is -0.381 e. The first kappa shape index (κ1) is 12.4. The van der Waals surface area contributed by atoms with Crippen LogP contribution in [0.4, 0.5) is 0 Å². The van der Waals surface area contributed by atoms with Gasteiger partial charge in [-0.05, 0) is 25.2 Å². The summed E-state index contributed by atoms with van der Waals surface area (Å²) in [5, 5.41) is 8.29. The first-order valence-corrected chi connectivity index (χ1v) is 5.26. The zero-order valence-electron chi connectivity index (χ0n) is 8.88. The SMILES string of the molecule is CCCC(C)COCCCCC#N. The number of nitrogens with zero attached hydrogens (tertiary/aromatic N) is 1. The van der Waals surface area contributed by atoms with Crippen LogP contribution in [0, 0.1) is 17.2 Å². The van der Waals surface area contributed by atoms with Crippen molar-refractivity contribution in [3.05, 3.63) is 0 Å². The fourth-order valence-electron chi connectivity index (χ4n) is 1.27. The van der Waals surface area contributed by atoms with Crippen LogP contribution in [0.25, 0.3) is 0 Å². The zero-order valence-corrected chi connectivity index (χ0v) is 8.88. The molecule has 2 heteroatoms. The topological polar surface area (TPSA) is 33.0 Å². The number of unbranched alkanes of at least 4 members (excludes halogenated alkanes) is 2. The molecule has 0 bridgehead atoms. The molecule has 0 rings (SSSR count). The van der Waals surface area contributed by atoms with Gasteiger partial charge in [0.25, 0.3) is 0 Å². The first-order valence-electron chi connectivity index (χ1n) is 5.26. The molecule has 0 aromatic carbocycles. The second-order valence-corrected chi connectivity index (χ2v) is 3.58. The standard InChI is InChI=1S/C11H21NO/c1-3-7-11(2)10-13-9-6-4-5-8-12/h11H,3-7,9-10H2,1-2H3. The Kier molecular flexibility index (Phi) is 9.13. The number of rotatable bonds is 8. The Labute approximate surface area is 81.9 Å². The van der Waals surface area contributed by atoms with Gasteiger partial charge in [0.15, 0.2) is 0 Å². The molecule has 0 heterocycles. The number of nitriles is 1. The second kappa shape index (κ2) is 9.54. The summed E-state index contributed by atoms with van der Waals surface area (Å²) in [5.41, 5.74) is 0. The van der Waals surface area contributed by atoms with Crippen molar-refractivity contribution in [3.8, 4) is 6.07 Å². The molecule has 0 radical (unpaired) electrons. The molecular weight excluding hydrogens is 162 g/mol. The third-order valence-corrected chi connectivity index (χ3v) is 2.01. The van der Waals surface area contributed by atoms with Crippen LogP contribution in [0.2, 0.25) is 0 Å². The van der Waals surface area contributed by atoms with Gasteiger partial charge >= 0.3 is 0 Å². The van der Waals surface area contributed by atoms with Crippen molar-refractivity contribution in [1.29, 1.82) is 5.26 Å². The molecule has 1 atom stereocenters. The second-order valence-electron chi connectivity index (χ2n) is 3.58. The molecular formula is C11H21NO. The van der Waals surface area contributed by atoms with E-state index in [1.807, 2.05) is 0 Å². The molecule has 1 unspecified atom stereocenters. The van der Waals surface area contributed by atoms with E-state index >= 15 is 0 Å². The Morgan fingerprint density at radius 2 is 2.15 bits per heavy atom. The molecule has 0 aliphatic carbocycles. The first-order chi connectivity index (χ1) is 6.31. The summed E-state index contributed by atoms with van der Waals surface area (Å²) in [5.74, 6) is 0.681. The van der Waals surface area contributed by atoms with Crippen LogP contribution in [-0.2, 0) is 4.74 Å². The number of hydrogen-bond acceptors (Lipinski definition) is 2. The van der Waals surface area contributed by atoms with Crippen LogP contribution in [0.1, 0.15) is 46.0 Å². The molecule has 0 fully saturated rings. The third-order valence-electron chi connectivity index (χ3n) is 2.01. The lowest BCUT2D eigenvalue weighted by Gasteiger charge is -2.09. The lowest BCUT2D eigenvalue weighted by Crippen LogP contribution is -2.06. The average molecular weight is 183 g/mol. The maximum absolute atomic E-state index is 8.29. The quantitative estimate of drug-likeness (QED) is 0.542. The van der Waals surface area contributed by atoms with Crippen molar-refractivity contribution in [2.75, 3.05) is 13.2 Å². The summed E-state index contributed by atoms with van der Waals surface area (Å²) in [4.78, 5) is 0. The van der Waals surface area contributed by atoms with E-state index in [-0.39, 0.29) is 0 Å². The van der Waals surface area contributed by atoms with Crippen molar-refractivity contribution in [1.82, 2.24) is 0 Å². The summed E-state index contributed by atoms with van der Waals surface area (Å²) >= 11 is 0. The van der Waals surface area contributed by atoms with Crippen molar-refractivity contribution in [2.24, 2.45) is 5.92 Å². The van der Waals surface area contributed by atoms with Crippen LogP contribution >= 0.6 is 0 Å². The lowest BCUT2D eigenvalue weighted by molar-refractivity contribution is 0.0989. The van der Waals surface area contributed by atoms with Gasteiger partial charge in [0.05, 0.1) is 6.07 Å². The molecule has 76 valence electrons. The van der Waals surface area contributed by atoms with Crippen LogP contribution in [0.3, 0.4) is 0 Å². The molecule has 0 aromatic heterocycles. The molecule has 0 aliphatic rings. The Hall–Kier alpha value is -0.550. The predicted octanol–water partition coefficient (Wildman–Crippen LogP) is 3.13. The van der Waals surface area contributed by atoms with E-state index < -0.39 is 0 Å². The van der Waals surface area contributed by atoms with Crippen LogP contribution < -0.4 is 0 Å². The van der Waals surface area contributed by atoms with Gasteiger partial charge in [-0.15, -0.1) is 0 Å². The minimum atomic E-state index is 0.661. The van der Waals surface area contributed by atoms with Gasteiger partial charge in [-0.2, -0.15) is 5.26 Å². The van der Waals surface area contributed by atoms with Gasteiger partial charge in [-0.1, -0.05) is 20.3 Å². The largest absolute Gasteiger partial charge is 0.381 e. The Morgan fingerprint density at radius 3 is 2.77 bits per heavy atom. The van der Waals surface area contributed by atoms with E-state index in [2.05, 4.69) is 19.9 Å². The van der Waals surface area contributed by atoms with E-state index in [9.17, 15) is 0 Å². The maximum Gasteiger partial charge on any atom is 0.0621 e. The van der Waals surface area contributed by atoms with Crippen LogP contribution in [0.5, 0.6) is 0 Å². The highest BCUT2D eigenvalue weighted by Gasteiger charge is 1.99. The predicted molar refractivity (Wildman–Crippen MR) is 54.4 cm³/mol. The summed E-state index contributed by atoms with van der Waals surface area (Å²) in [6.07, 6.45) is 5.14. The van der Waals surface area contributed by atoms with E-state index in [4.69, 9.17) is 10.00 Å². The summed E-state index contributed by atoms with van der Waals surface area (Å²) in [6.45, 7) is 6.11. The highest BCUT2D eigenvalue weighted by atomic mass is 16.5. The molecule has 0 amide bonds. The highest BCUT2D eigenvalue weighted by Crippen LogP contribution is 2.05. The number of ether oxygens (including phenoxy) is 1. The molecule has 13 heavy (non-hydrogen) atoms. The van der Waals surface area contributed by atoms with Gasteiger partial charge in [-0.25, -0.2) is 0 Å².